The average molecular weight is 581 g/mol. The molecule has 0 unspecified atom stereocenters. The van der Waals surface area contributed by atoms with Crippen molar-refractivity contribution < 1.29 is 22.4 Å². The number of imidazole rings is 1. The summed E-state index contributed by atoms with van der Waals surface area (Å²) in [6.45, 7) is 4.06. The molecule has 5 aromatic rings. The molecule has 210 valence electrons. The van der Waals surface area contributed by atoms with Crippen LogP contribution in [0.1, 0.15) is 46.9 Å². The Morgan fingerprint density at radius 2 is 1.85 bits per heavy atom. The summed E-state index contributed by atoms with van der Waals surface area (Å²) in [5.74, 6) is -0.496. The summed E-state index contributed by atoms with van der Waals surface area (Å²) in [6, 6.07) is 8.73. The molecule has 1 aliphatic rings. The molecule has 0 saturated carbocycles. The lowest BCUT2D eigenvalue weighted by Gasteiger charge is -2.40. The first-order valence-corrected chi connectivity index (χ1v) is 13.6. The number of hydrogen-bond donors (Lipinski definition) is 1. The average Bonchev–Trinajstić information content (AvgIpc) is 3.43. The number of nitrogens with two attached hydrogens (primary N) is 1. The Morgan fingerprint density at radius 3 is 2.61 bits per heavy atom. The van der Waals surface area contributed by atoms with Gasteiger partial charge in [-0.1, -0.05) is 12.1 Å². The second-order valence-corrected chi connectivity index (χ2v) is 12.1. The van der Waals surface area contributed by atoms with E-state index in [1.165, 1.54) is 29.6 Å². The lowest BCUT2D eigenvalue weighted by Crippen LogP contribution is -2.37. The molecule has 1 amide bonds. The van der Waals surface area contributed by atoms with Crippen LogP contribution in [0.25, 0.3) is 27.7 Å². The second kappa shape index (κ2) is 9.44. The number of halogens is 4. The molecular weight excluding hydrogens is 556 g/mol. The molecule has 0 fully saturated rings. The molecule has 6 rings (SSSR count). The van der Waals surface area contributed by atoms with Crippen molar-refractivity contribution in [1.82, 2.24) is 24.3 Å². The molecule has 12 heteroatoms. The number of thioether (sulfide) groups is 1. The summed E-state index contributed by atoms with van der Waals surface area (Å²) in [7, 11) is 1.62. The molecule has 0 aliphatic carbocycles. The highest BCUT2D eigenvalue weighted by Crippen LogP contribution is 2.48. The fourth-order valence-electron chi connectivity index (χ4n) is 5.27. The van der Waals surface area contributed by atoms with Crippen molar-refractivity contribution >= 4 is 40.0 Å². The second-order valence-electron chi connectivity index (χ2n) is 10.5. The number of hydrogen-bond acceptors (Lipinski definition) is 6. The number of rotatable bonds is 3. The van der Waals surface area contributed by atoms with Gasteiger partial charge in [-0.05, 0) is 48.7 Å². The normalized spacial score (nSPS) is 16.6. The highest BCUT2D eigenvalue weighted by molar-refractivity contribution is 8.00. The summed E-state index contributed by atoms with van der Waals surface area (Å²) >= 11 is 1.62. The highest BCUT2D eigenvalue weighted by Gasteiger charge is 2.37. The Labute approximate surface area is 236 Å². The Morgan fingerprint density at radius 1 is 1.07 bits per heavy atom. The predicted octanol–water partition coefficient (Wildman–Crippen LogP) is 6.48. The third-order valence-corrected chi connectivity index (χ3v) is 8.97. The number of nitrogens with zero attached hydrogens (tertiary/aromatic N) is 5. The van der Waals surface area contributed by atoms with E-state index < -0.39 is 29.5 Å². The Bertz CT molecular complexity index is 1850. The van der Waals surface area contributed by atoms with Crippen LogP contribution in [0.3, 0.4) is 0 Å². The smallest absolute Gasteiger partial charge is 0.382 e. The number of carbonyl (C=O) groups excluding carboxylic acids is 1. The van der Waals surface area contributed by atoms with E-state index in [0.29, 0.717) is 33.4 Å². The van der Waals surface area contributed by atoms with E-state index in [1.54, 1.807) is 35.5 Å². The van der Waals surface area contributed by atoms with Gasteiger partial charge in [0.2, 0.25) is 0 Å². The van der Waals surface area contributed by atoms with Crippen LogP contribution in [0.2, 0.25) is 0 Å². The molecule has 1 aliphatic heterocycles. The minimum Gasteiger partial charge on any atom is -0.382 e. The van der Waals surface area contributed by atoms with Gasteiger partial charge in [-0.2, -0.15) is 13.2 Å². The van der Waals surface area contributed by atoms with Gasteiger partial charge in [-0.3, -0.25) is 14.2 Å². The van der Waals surface area contributed by atoms with Crippen molar-refractivity contribution in [2.45, 2.75) is 30.8 Å². The first-order chi connectivity index (χ1) is 19.3. The van der Waals surface area contributed by atoms with Gasteiger partial charge in [-0.15, -0.1) is 11.8 Å². The lowest BCUT2D eigenvalue weighted by molar-refractivity contribution is -0.137. The number of pyridine rings is 1. The maximum Gasteiger partial charge on any atom is 0.417 e. The van der Waals surface area contributed by atoms with Crippen LogP contribution < -0.4 is 5.73 Å². The monoisotopic (exact) mass is 580 g/mol. The summed E-state index contributed by atoms with van der Waals surface area (Å²) < 4.78 is 56.5. The van der Waals surface area contributed by atoms with Gasteiger partial charge >= 0.3 is 6.18 Å². The third kappa shape index (κ3) is 4.55. The van der Waals surface area contributed by atoms with Crippen molar-refractivity contribution in [3.05, 3.63) is 89.4 Å². The van der Waals surface area contributed by atoms with Crippen LogP contribution in [0, 0.1) is 5.82 Å². The Kier molecular flexibility index (Phi) is 6.22. The fourth-order valence-corrected chi connectivity index (χ4v) is 6.58. The van der Waals surface area contributed by atoms with Crippen LogP contribution in [0.4, 0.5) is 23.4 Å². The van der Waals surface area contributed by atoms with Gasteiger partial charge < -0.3 is 10.6 Å². The number of nitrogen functional groups attached to an aromatic ring is 1. The van der Waals surface area contributed by atoms with Crippen molar-refractivity contribution in [3.8, 4) is 11.1 Å². The molecule has 1 atom stereocenters. The van der Waals surface area contributed by atoms with E-state index >= 15 is 4.39 Å². The minimum absolute atomic E-state index is 0.121. The van der Waals surface area contributed by atoms with E-state index in [9.17, 15) is 18.0 Å². The maximum absolute atomic E-state index is 15.3. The molecule has 0 saturated heterocycles. The van der Waals surface area contributed by atoms with Crippen LogP contribution in [-0.2, 0) is 10.9 Å². The van der Waals surface area contributed by atoms with E-state index in [0.717, 1.165) is 23.4 Å². The predicted molar refractivity (Wildman–Crippen MR) is 150 cm³/mol. The van der Waals surface area contributed by atoms with Crippen molar-refractivity contribution in [3.63, 3.8) is 0 Å². The molecule has 2 aromatic carbocycles. The van der Waals surface area contributed by atoms with E-state index in [4.69, 9.17) is 5.73 Å². The fraction of sp³-hybridized carbons (Fsp3) is 0.241. The number of fused-ring (bicyclic) bond motifs is 4. The summed E-state index contributed by atoms with van der Waals surface area (Å²) in [4.78, 5) is 27.4. The molecule has 2 N–H and O–H groups in total. The summed E-state index contributed by atoms with van der Waals surface area (Å²) in [5.41, 5.74) is 9.01. The molecule has 41 heavy (non-hydrogen) atoms. The number of alkyl halides is 3. The number of aromatic nitrogens is 4. The zero-order chi connectivity index (χ0) is 29.3. The lowest BCUT2D eigenvalue weighted by atomic mass is 9.88. The zero-order valence-electron chi connectivity index (χ0n) is 22.2. The Balaban J connectivity index is 1.39. The minimum atomic E-state index is -4.51. The van der Waals surface area contributed by atoms with Crippen LogP contribution in [0.15, 0.2) is 61.3 Å². The van der Waals surface area contributed by atoms with Crippen molar-refractivity contribution in [2.24, 2.45) is 0 Å². The van der Waals surface area contributed by atoms with Gasteiger partial charge in [0, 0.05) is 41.6 Å². The number of carbonyl (C=O) groups is 1. The number of benzene rings is 2. The SMILES string of the molecule is CN(C(=O)c1cc2c(cc1F)nc(N)c1cncn12)[C@@H]1CSC(C)(C)c2cc(-c3cncc(C(F)(F)F)c3)ccc21. The van der Waals surface area contributed by atoms with E-state index in [1.807, 2.05) is 26.0 Å². The molecule has 0 spiro atoms. The van der Waals surface area contributed by atoms with Gasteiger partial charge in [0.05, 0.1) is 40.7 Å². The molecule has 0 radical (unpaired) electrons. The number of amides is 1. The van der Waals surface area contributed by atoms with Crippen LogP contribution in [-0.4, -0.2) is 43.0 Å². The number of anilines is 1. The largest absolute Gasteiger partial charge is 0.417 e. The standard InChI is InChI=1S/C29H24F4N6OS/c1-28(2)20-7-15(16-6-17(11-35-10-16)29(31,32)33)4-5-18(20)25(13-41-28)38(3)27(40)19-8-23-22(9-21(19)30)37-26(34)24-12-36-14-39(23)24/h4-12,14,25H,13H2,1-3H3,(H2,34,37)/t25-/m1/s1. The Hall–Kier alpha value is -4.19. The summed E-state index contributed by atoms with van der Waals surface area (Å²) in [6.07, 6.45) is 0.757. The van der Waals surface area contributed by atoms with E-state index in [2.05, 4.69) is 15.0 Å². The molecular formula is C29H24F4N6OS. The van der Waals surface area contributed by atoms with E-state index in [-0.39, 0.29) is 16.1 Å². The van der Waals surface area contributed by atoms with Crippen molar-refractivity contribution in [2.75, 3.05) is 18.5 Å². The summed E-state index contributed by atoms with van der Waals surface area (Å²) in [5, 5.41) is 0. The zero-order valence-corrected chi connectivity index (χ0v) is 23.0. The highest BCUT2D eigenvalue weighted by atomic mass is 32.2. The molecule has 0 bridgehead atoms. The first kappa shape index (κ1) is 27.0. The van der Waals surface area contributed by atoms with Gasteiger partial charge in [0.15, 0.2) is 0 Å². The van der Waals surface area contributed by atoms with Gasteiger partial charge in [0.25, 0.3) is 5.91 Å². The third-order valence-electron chi connectivity index (χ3n) is 7.55. The maximum atomic E-state index is 15.3. The van der Waals surface area contributed by atoms with Gasteiger partial charge in [0.1, 0.15) is 17.2 Å². The molecule has 4 heterocycles. The first-order valence-electron chi connectivity index (χ1n) is 12.6. The molecule has 7 nitrogen and oxygen atoms in total. The van der Waals surface area contributed by atoms with Crippen LogP contribution in [0.5, 0.6) is 0 Å². The topological polar surface area (TPSA) is 89.4 Å². The molecule has 3 aromatic heterocycles. The van der Waals surface area contributed by atoms with Crippen LogP contribution >= 0.6 is 11.8 Å². The van der Waals surface area contributed by atoms with Gasteiger partial charge in [-0.25, -0.2) is 14.4 Å². The van der Waals surface area contributed by atoms with Crippen molar-refractivity contribution in [1.29, 1.82) is 0 Å². The quantitative estimate of drug-likeness (QED) is 0.246.